The molecule has 0 amide bonds. The first-order valence-electron chi connectivity index (χ1n) is 9.60. The summed E-state index contributed by atoms with van der Waals surface area (Å²) in [5.74, 6) is 0.282. The minimum atomic E-state index is -3.82. The highest BCUT2D eigenvalue weighted by atomic mass is 35.5. The molecule has 0 aliphatic rings. The summed E-state index contributed by atoms with van der Waals surface area (Å²) in [7, 11) is -3.82. The zero-order valence-corrected chi connectivity index (χ0v) is 20.3. The van der Waals surface area contributed by atoms with Gasteiger partial charge in [0.15, 0.2) is 5.11 Å². The fourth-order valence-corrected chi connectivity index (χ4v) is 4.25. The zero-order chi connectivity index (χ0) is 24.1. The SMILES string of the molecule is O=S(=O)(Nc1ncccn1)c1ccc(NC(=S)Nc2ncn(Cc3ccc(Cl)c(Cl)c3)n2)cc1. The number of thiocarbonyl (C=S) groups is 1. The van der Waals surface area contributed by atoms with Gasteiger partial charge in [-0.2, -0.15) is 0 Å². The summed E-state index contributed by atoms with van der Waals surface area (Å²) in [4.78, 5) is 11.9. The Hall–Kier alpha value is -3.32. The molecular weight excluding hydrogens is 519 g/mol. The van der Waals surface area contributed by atoms with Crippen LogP contribution in [0.3, 0.4) is 0 Å². The molecule has 2 aromatic heterocycles. The minimum absolute atomic E-state index is 0.0128. The molecule has 0 fully saturated rings. The van der Waals surface area contributed by atoms with Gasteiger partial charge in [-0.3, -0.25) is 5.32 Å². The van der Waals surface area contributed by atoms with Gasteiger partial charge in [-0.15, -0.1) is 5.10 Å². The Bertz CT molecular complexity index is 1410. The largest absolute Gasteiger partial charge is 0.332 e. The van der Waals surface area contributed by atoms with Crippen molar-refractivity contribution in [2.45, 2.75) is 11.4 Å². The van der Waals surface area contributed by atoms with E-state index in [-0.39, 0.29) is 16.0 Å². The van der Waals surface area contributed by atoms with Crippen molar-refractivity contribution in [1.82, 2.24) is 24.7 Å². The number of rotatable bonds is 7. The zero-order valence-electron chi connectivity index (χ0n) is 17.2. The fraction of sp³-hybridized carbons (Fsp3) is 0.0500. The molecule has 0 unspecified atom stereocenters. The lowest BCUT2D eigenvalue weighted by Gasteiger charge is -2.10. The molecule has 2 heterocycles. The summed E-state index contributed by atoms with van der Waals surface area (Å²) in [6.45, 7) is 0.448. The molecular formula is C20H16Cl2N8O2S2. The summed E-state index contributed by atoms with van der Waals surface area (Å²) in [6, 6.07) is 12.9. The van der Waals surface area contributed by atoms with Crippen LogP contribution in [-0.2, 0) is 16.6 Å². The smallest absolute Gasteiger partial charge is 0.264 e. The maximum atomic E-state index is 12.5. The summed E-state index contributed by atoms with van der Waals surface area (Å²) in [5.41, 5.74) is 1.48. The van der Waals surface area contributed by atoms with E-state index < -0.39 is 10.0 Å². The van der Waals surface area contributed by atoms with Crippen LogP contribution in [0.5, 0.6) is 0 Å². The van der Waals surface area contributed by atoms with E-state index in [1.54, 1.807) is 41.3 Å². The number of aromatic nitrogens is 5. The van der Waals surface area contributed by atoms with E-state index in [1.165, 1.54) is 24.5 Å². The van der Waals surface area contributed by atoms with Gasteiger partial charge in [0.2, 0.25) is 11.9 Å². The van der Waals surface area contributed by atoms with Crippen LogP contribution < -0.4 is 15.4 Å². The van der Waals surface area contributed by atoms with Crippen LogP contribution in [0.4, 0.5) is 17.6 Å². The Kier molecular flexibility index (Phi) is 7.22. The number of sulfonamides is 1. The molecule has 174 valence electrons. The van der Waals surface area contributed by atoms with Crippen LogP contribution in [0, 0.1) is 0 Å². The van der Waals surface area contributed by atoms with Crippen molar-refractivity contribution in [3.63, 3.8) is 0 Å². The normalized spacial score (nSPS) is 11.1. The molecule has 0 atom stereocenters. The Morgan fingerprint density at radius 2 is 1.68 bits per heavy atom. The van der Waals surface area contributed by atoms with E-state index >= 15 is 0 Å². The molecule has 14 heteroatoms. The number of halogens is 2. The van der Waals surface area contributed by atoms with Crippen molar-refractivity contribution in [2.75, 3.05) is 15.4 Å². The van der Waals surface area contributed by atoms with Gasteiger partial charge in [-0.1, -0.05) is 29.3 Å². The number of nitrogens with zero attached hydrogens (tertiary/aromatic N) is 5. The fourth-order valence-electron chi connectivity index (χ4n) is 2.77. The second kappa shape index (κ2) is 10.3. The number of benzene rings is 2. The van der Waals surface area contributed by atoms with E-state index in [4.69, 9.17) is 35.4 Å². The molecule has 3 N–H and O–H groups in total. The number of hydrogen-bond acceptors (Lipinski definition) is 7. The lowest BCUT2D eigenvalue weighted by Crippen LogP contribution is -2.20. The monoisotopic (exact) mass is 534 g/mol. The van der Waals surface area contributed by atoms with Gasteiger partial charge in [0, 0.05) is 18.1 Å². The van der Waals surface area contributed by atoms with Crippen LogP contribution in [0.2, 0.25) is 10.0 Å². The molecule has 0 radical (unpaired) electrons. The predicted molar refractivity (Wildman–Crippen MR) is 135 cm³/mol. The lowest BCUT2D eigenvalue weighted by atomic mass is 10.2. The Morgan fingerprint density at radius 3 is 2.38 bits per heavy atom. The van der Waals surface area contributed by atoms with Crippen molar-refractivity contribution in [3.8, 4) is 0 Å². The van der Waals surface area contributed by atoms with E-state index in [0.717, 1.165) is 5.56 Å². The average Bonchev–Trinajstić information content (AvgIpc) is 3.23. The van der Waals surface area contributed by atoms with Gasteiger partial charge in [0.1, 0.15) is 6.33 Å². The highest BCUT2D eigenvalue weighted by molar-refractivity contribution is 7.92. The van der Waals surface area contributed by atoms with Crippen LogP contribution in [0.1, 0.15) is 5.56 Å². The maximum Gasteiger partial charge on any atom is 0.264 e. The number of nitrogens with one attached hydrogen (secondary N) is 3. The Morgan fingerprint density at radius 1 is 0.941 bits per heavy atom. The third-order valence-electron chi connectivity index (χ3n) is 4.30. The van der Waals surface area contributed by atoms with Crippen molar-refractivity contribution >= 4 is 68.1 Å². The lowest BCUT2D eigenvalue weighted by molar-refractivity contribution is 0.601. The van der Waals surface area contributed by atoms with E-state index in [0.29, 0.717) is 28.2 Å². The third kappa shape index (κ3) is 6.17. The van der Waals surface area contributed by atoms with Crippen LogP contribution >= 0.6 is 35.4 Å². The molecule has 0 aliphatic heterocycles. The second-order valence-corrected chi connectivity index (χ2v) is 9.70. The van der Waals surface area contributed by atoms with Gasteiger partial charge in [0.25, 0.3) is 10.0 Å². The first kappa shape index (κ1) is 23.8. The summed E-state index contributed by atoms with van der Waals surface area (Å²) >= 11 is 17.3. The second-order valence-electron chi connectivity index (χ2n) is 6.80. The maximum absolute atomic E-state index is 12.5. The molecule has 0 spiro atoms. The quantitative estimate of drug-likeness (QED) is 0.301. The minimum Gasteiger partial charge on any atom is -0.332 e. The van der Waals surface area contributed by atoms with Crippen molar-refractivity contribution in [1.29, 1.82) is 0 Å². The third-order valence-corrected chi connectivity index (χ3v) is 6.59. The van der Waals surface area contributed by atoms with Crippen molar-refractivity contribution in [3.05, 3.63) is 82.9 Å². The number of anilines is 3. The highest BCUT2D eigenvalue weighted by Gasteiger charge is 2.15. The van der Waals surface area contributed by atoms with Crippen molar-refractivity contribution in [2.24, 2.45) is 0 Å². The predicted octanol–water partition coefficient (Wildman–Crippen LogP) is 4.03. The number of hydrogen-bond donors (Lipinski definition) is 3. The summed E-state index contributed by atoms with van der Waals surface area (Å²) in [6.07, 6.45) is 4.44. The molecule has 0 saturated heterocycles. The molecule has 2 aromatic carbocycles. The van der Waals surface area contributed by atoms with Crippen LogP contribution in [0.15, 0.2) is 72.1 Å². The van der Waals surface area contributed by atoms with Crippen molar-refractivity contribution < 1.29 is 8.42 Å². The van der Waals surface area contributed by atoms with Gasteiger partial charge in [-0.25, -0.2) is 32.8 Å². The first-order chi connectivity index (χ1) is 16.3. The van der Waals surface area contributed by atoms with Gasteiger partial charge in [0.05, 0.1) is 21.5 Å². The Labute approximate surface area is 210 Å². The first-order valence-corrected chi connectivity index (χ1v) is 12.2. The molecule has 34 heavy (non-hydrogen) atoms. The topological polar surface area (TPSA) is 127 Å². The molecule has 0 aliphatic carbocycles. The van der Waals surface area contributed by atoms with E-state index in [9.17, 15) is 8.42 Å². The highest BCUT2D eigenvalue weighted by Crippen LogP contribution is 2.23. The van der Waals surface area contributed by atoms with Gasteiger partial charge in [-0.05, 0) is 60.2 Å². The summed E-state index contributed by atoms with van der Waals surface area (Å²) in [5, 5.41) is 11.3. The van der Waals surface area contributed by atoms with E-state index in [1.807, 2.05) is 6.07 Å². The van der Waals surface area contributed by atoms with Gasteiger partial charge >= 0.3 is 0 Å². The van der Waals surface area contributed by atoms with Crippen LogP contribution in [0.25, 0.3) is 0 Å². The molecule has 0 saturated carbocycles. The van der Waals surface area contributed by atoms with Crippen LogP contribution in [-0.4, -0.2) is 38.3 Å². The van der Waals surface area contributed by atoms with E-state index in [2.05, 4.69) is 35.4 Å². The van der Waals surface area contributed by atoms with Gasteiger partial charge < -0.3 is 5.32 Å². The molecule has 4 aromatic rings. The standard InChI is InChI=1S/C20H16Cl2N8O2S2/c21-16-7-2-13(10-17(16)22)11-30-12-25-19(28-30)27-20(33)26-14-3-5-15(6-4-14)34(31,32)29-18-23-8-1-9-24-18/h1-10,12H,11H2,(H,23,24,29)(H2,26,27,28,33). The average molecular weight is 535 g/mol. The molecule has 4 rings (SSSR count). The summed E-state index contributed by atoms with van der Waals surface area (Å²) < 4.78 is 28.9. The Balaban J connectivity index is 1.34. The molecule has 0 bridgehead atoms. The molecule has 10 nitrogen and oxygen atoms in total.